The van der Waals surface area contributed by atoms with E-state index in [0.29, 0.717) is 11.3 Å². The highest BCUT2D eigenvalue weighted by Gasteiger charge is 2.05. The maximum absolute atomic E-state index is 10.6. The van der Waals surface area contributed by atoms with E-state index in [1.807, 2.05) is 0 Å². The molecule has 2 rings (SSSR count). The van der Waals surface area contributed by atoms with E-state index >= 15 is 0 Å². The number of hydrogen-bond donors (Lipinski definition) is 0. The van der Waals surface area contributed by atoms with Gasteiger partial charge in [-0.25, -0.2) is 0 Å². The van der Waals surface area contributed by atoms with Gasteiger partial charge in [-0.3, -0.25) is 10.1 Å². The molecule has 0 amide bonds. The molecule has 0 saturated carbocycles. The molecule has 92 valence electrons. The fourth-order valence-corrected chi connectivity index (χ4v) is 1.33. The van der Waals surface area contributed by atoms with E-state index in [2.05, 4.69) is 5.16 Å². The third kappa shape index (κ3) is 3.18. The maximum Gasteiger partial charge on any atom is 0.269 e. The molecule has 0 N–H and O–H groups in total. The highest BCUT2D eigenvalue weighted by Crippen LogP contribution is 2.13. The largest absolute Gasteiger partial charge is 0.463 e. The molecular formula is C12H10N2O4. The summed E-state index contributed by atoms with van der Waals surface area (Å²) in [5.74, 6) is 0.578. The van der Waals surface area contributed by atoms with Crippen molar-refractivity contribution in [3.63, 3.8) is 0 Å². The molecule has 0 aliphatic rings. The topological polar surface area (TPSA) is 77.9 Å². The first-order chi connectivity index (χ1) is 8.75. The van der Waals surface area contributed by atoms with Gasteiger partial charge in [-0.2, -0.15) is 0 Å². The summed E-state index contributed by atoms with van der Waals surface area (Å²) in [6.07, 6.45) is 2.96. The van der Waals surface area contributed by atoms with Gasteiger partial charge in [-0.1, -0.05) is 17.3 Å². The molecule has 1 heterocycles. The molecule has 18 heavy (non-hydrogen) atoms. The molecule has 6 nitrogen and oxygen atoms in total. The SMILES string of the molecule is O=[N+]([O-])c1cccc(CO/N=C\c2ccco2)c1. The van der Waals surface area contributed by atoms with Crippen molar-refractivity contribution in [2.24, 2.45) is 5.16 Å². The lowest BCUT2D eigenvalue weighted by molar-refractivity contribution is -0.384. The quantitative estimate of drug-likeness (QED) is 0.461. The molecule has 0 aliphatic carbocycles. The fourth-order valence-electron chi connectivity index (χ4n) is 1.33. The van der Waals surface area contributed by atoms with Crippen molar-refractivity contribution in [2.75, 3.05) is 0 Å². The standard InChI is InChI=1S/C12H10N2O4/c15-14(16)11-4-1-3-10(7-11)9-18-13-8-12-5-2-6-17-12/h1-8H,9H2/b13-8-. The smallest absolute Gasteiger partial charge is 0.269 e. The average molecular weight is 246 g/mol. The molecule has 0 unspecified atom stereocenters. The second kappa shape index (κ2) is 5.62. The average Bonchev–Trinajstić information content (AvgIpc) is 2.88. The van der Waals surface area contributed by atoms with Crippen LogP contribution < -0.4 is 0 Å². The monoisotopic (exact) mass is 246 g/mol. The summed E-state index contributed by atoms with van der Waals surface area (Å²) < 4.78 is 5.02. The van der Waals surface area contributed by atoms with E-state index in [9.17, 15) is 10.1 Å². The Bertz CT molecular complexity index is 549. The van der Waals surface area contributed by atoms with E-state index in [1.54, 1.807) is 24.3 Å². The first-order valence-electron chi connectivity index (χ1n) is 5.18. The van der Waals surface area contributed by atoms with E-state index in [4.69, 9.17) is 9.25 Å². The minimum atomic E-state index is -0.449. The predicted molar refractivity (Wildman–Crippen MR) is 64.2 cm³/mol. The molecule has 2 aromatic rings. The van der Waals surface area contributed by atoms with Crippen LogP contribution in [0, 0.1) is 10.1 Å². The number of nitro benzene ring substituents is 1. The van der Waals surface area contributed by atoms with Crippen LogP contribution in [0.3, 0.4) is 0 Å². The van der Waals surface area contributed by atoms with Gasteiger partial charge < -0.3 is 9.25 Å². The number of benzene rings is 1. The van der Waals surface area contributed by atoms with Crippen LogP contribution in [0.2, 0.25) is 0 Å². The summed E-state index contributed by atoms with van der Waals surface area (Å²) in [5.41, 5.74) is 0.715. The van der Waals surface area contributed by atoms with Gasteiger partial charge in [0, 0.05) is 12.1 Å². The molecule has 0 spiro atoms. The second-order valence-electron chi connectivity index (χ2n) is 3.45. The predicted octanol–water partition coefficient (Wildman–Crippen LogP) is 2.74. The molecule has 6 heteroatoms. The van der Waals surface area contributed by atoms with Crippen LogP contribution in [0.5, 0.6) is 0 Å². The number of non-ortho nitro benzene ring substituents is 1. The Hall–Kier alpha value is -2.63. The first-order valence-corrected chi connectivity index (χ1v) is 5.18. The van der Waals surface area contributed by atoms with Crippen LogP contribution in [0.1, 0.15) is 11.3 Å². The maximum atomic E-state index is 10.6. The van der Waals surface area contributed by atoms with Gasteiger partial charge in [0.1, 0.15) is 18.6 Å². The van der Waals surface area contributed by atoms with Crippen LogP contribution in [-0.2, 0) is 11.4 Å². The van der Waals surface area contributed by atoms with Gasteiger partial charge in [-0.15, -0.1) is 0 Å². The lowest BCUT2D eigenvalue weighted by Gasteiger charge is -1.99. The summed E-state index contributed by atoms with van der Waals surface area (Å²) in [7, 11) is 0. The van der Waals surface area contributed by atoms with Crippen molar-refractivity contribution >= 4 is 11.9 Å². The Kier molecular flexibility index (Phi) is 3.70. The molecule has 0 bridgehead atoms. The highest BCUT2D eigenvalue weighted by atomic mass is 16.6. The zero-order valence-corrected chi connectivity index (χ0v) is 9.35. The van der Waals surface area contributed by atoms with Gasteiger partial charge in [0.15, 0.2) is 0 Å². The minimum absolute atomic E-state index is 0.0334. The van der Waals surface area contributed by atoms with Crippen LogP contribution in [0.4, 0.5) is 5.69 Å². The number of nitrogens with zero attached hydrogens (tertiary/aromatic N) is 2. The normalized spacial score (nSPS) is 10.7. The molecule has 0 radical (unpaired) electrons. The third-order valence-electron chi connectivity index (χ3n) is 2.15. The van der Waals surface area contributed by atoms with Crippen molar-refractivity contribution in [1.29, 1.82) is 0 Å². The van der Waals surface area contributed by atoms with E-state index in [-0.39, 0.29) is 12.3 Å². The van der Waals surface area contributed by atoms with E-state index in [1.165, 1.54) is 24.6 Å². The van der Waals surface area contributed by atoms with Crippen molar-refractivity contribution in [2.45, 2.75) is 6.61 Å². The summed E-state index contributed by atoms with van der Waals surface area (Å²) in [4.78, 5) is 15.1. The Balaban J connectivity index is 1.90. The Morgan fingerprint density at radius 2 is 2.28 bits per heavy atom. The highest BCUT2D eigenvalue weighted by molar-refractivity contribution is 5.74. The first kappa shape index (κ1) is 11.8. The molecule has 0 fully saturated rings. The number of nitro groups is 1. The molecular weight excluding hydrogens is 236 g/mol. The van der Waals surface area contributed by atoms with Crippen LogP contribution in [-0.4, -0.2) is 11.1 Å². The Morgan fingerprint density at radius 3 is 3.00 bits per heavy atom. The lowest BCUT2D eigenvalue weighted by atomic mass is 10.2. The van der Waals surface area contributed by atoms with Gasteiger partial charge in [0.2, 0.25) is 0 Å². The second-order valence-corrected chi connectivity index (χ2v) is 3.45. The lowest BCUT2D eigenvalue weighted by Crippen LogP contribution is -1.92. The molecule has 0 aliphatic heterocycles. The van der Waals surface area contributed by atoms with Crippen LogP contribution in [0.25, 0.3) is 0 Å². The molecule has 0 saturated heterocycles. The number of oxime groups is 1. The third-order valence-corrected chi connectivity index (χ3v) is 2.15. The van der Waals surface area contributed by atoms with Crippen molar-refractivity contribution < 1.29 is 14.2 Å². The fraction of sp³-hybridized carbons (Fsp3) is 0.0833. The summed E-state index contributed by atoms with van der Waals surface area (Å²) in [5, 5.41) is 14.3. The molecule has 0 atom stereocenters. The van der Waals surface area contributed by atoms with Crippen molar-refractivity contribution in [3.05, 3.63) is 64.1 Å². The van der Waals surface area contributed by atoms with Crippen molar-refractivity contribution in [3.8, 4) is 0 Å². The van der Waals surface area contributed by atoms with E-state index < -0.39 is 4.92 Å². The Labute approximate surface area is 103 Å². The van der Waals surface area contributed by atoms with Gasteiger partial charge in [-0.05, 0) is 17.7 Å². The zero-order valence-electron chi connectivity index (χ0n) is 9.35. The van der Waals surface area contributed by atoms with Gasteiger partial charge >= 0.3 is 0 Å². The zero-order chi connectivity index (χ0) is 12.8. The van der Waals surface area contributed by atoms with Gasteiger partial charge in [0.25, 0.3) is 5.69 Å². The number of furan rings is 1. The minimum Gasteiger partial charge on any atom is -0.463 e. The number of hydrogen-bond acceptors (Lipinski definition) is 5. The molecule has 1 aromatic heterocycles. The van der Waals surface area contributed by atoms with Gasteiger partial charge in [0.05, 0.1) is 11.2 Å². The number of rotatable bonds is 5. The summed E-state index contributed by atoms with van der Waals surface area (Å²) in [6, 6.07) is 9.68. The Morgan fingerprint density at radius 1 is 1.39 bits per heavy atom. The van der Waals surface area contributed by atoms with Crippen LogP contribution >= 0.6 is 0 Å². The van der Waals surface area contributed by atoms with Crippen LogP contribution in [0.15, 0.2) is 52.2 Å². The molecule has 1 aromatic carbocycles. The summed E-state index contributed by atoms with van der Waals surface area (Å²) >= 11 is 0. The van der Waals surface area contributed by atoms with E-state index in [0.717, 1.165) is 0 Å². The van der Waals surface area contributed by atoms with Crippen molar-refractivity contribution in [1.82, 2.24) is 0 Å². The summed E-state index contributed by atoms with van der Waals surface area (Å²) in [6.45, 7) is 0.166.